The van der Waals surface area contributed by atoms with Gasteiger partial charge in [-0.15, -0.1) is 4.98 Å². The van der Waals surface area contributed by atoms with Crippen LogP contribution in [0.2, 0.25) is 0 Å². The van der Waals surface area contributed by atoms with Crippen LogP contribution in [-0.2, 0) is 0 Å². The minimum atomic E-state index is 0.256. The molecule has 0 aromatic carbocycles. The Balaban J connectivity index is 1.46. The van der Waals surface area contributed by atoms with Crippen molar-refractivity contribution in [3.63, 3.8) is 0 Å². The van der Waals surface area contributed by atoms with E-state index in [4.69, 9.17) is 14.5 Å². The number of ether oxygens (including phenoxy) is 2. The monoisotopic (exact) mass is 400 g/mol. The topological polar surface area (TPSA) is 92.6 Å². The molecule has 2 aliphatic heterocycles. The third kappa shape index (κ3) is 4.41. The number of nitrogens with zero attached hydrogens (tertiary/aromatic N) is 8. The molecule has 0 saturated carbocycles. The zero-order valence-corrected chi connectivity index (χ0v) is 17.3. The van der Waals surface area contributed by atoms with E-state index in [0.717, 1.165) is 56.7 Å². The third-order valence-corrected chi connectivity index (χ3v) is 5.33. The number of methoxy groups -OCH3 is 2. The maximum Gasteiger partial charge on any atom is 0.324 e. The summed E-state index contributed by atoms with van der Waals surface area (Å²) in [7, 11) is 3.07. The maximum absolute atomic E-state index is 5.16. The van der Waals surface area contributed by atoms with Crippen molar-refractivity contribution in [3.8, 4) is 12.0 Å². The first-order valence-corrected chi connectivity index (χ1v) is 10.1. The number of anilines is 3. The lowest BCUT2D eigenvalue weighted by Crippen LogP contribution is -2.47. The van der Waals surface area contributed by atoms with Gasteiger partial charge in [-0.2, -0.15) is 9.97 Å². The zero-order chi connectivity index (χ0) is 20.2. The minimum Gasteiger partial charge on any atom is -0.467 e. The summed E-state index contributed by atoms with van der Waals surface area (Å²) in [6.07, 6.45) is 3.77. The van der Waals surface area contributed by atoms with Crippen LogP contribution in [0.25, 0.3) is 0 Å². The highest BCUT2D eigenvalue weighted by Crippen LogP contribution is 2.24. The van der Waals surface area contributed by atoms with Gasteiger partial charge in [0.2, 0.25) is 5.95 Å². The lowest BCUT2D eigenvalue weighted by molar-refractivity contribution is 0.339. The molecule has 0 bridgehead atoms. The lowest BCUT2D eigenvalue weighted by Gasteiger charge is -2.36. The summed E-state index contributed by atoms with van der Waals surface area (Å²) in [5.74, 6) is 3.42. The fraction of sp³-hybridized carbons (Fsp3) is 0.632. The van der Waals surface area contributed by atoms with Crippen molar-refractivity contribution in [1.29, 1.82) is 0 Å². The fourth-order valence-electron chi connectivity index (χ4n) is 3.77. The van der Waals surface area contributed by atoms with Gasteiger partial charge in [0.25, 0.3) is 0 Å². The van der Waals surface area contributed by atoms with Crippen LogP contribution in [0.3, 0.4) is 0 Å². The number of aryl methyl sites for hydroxylation is 1. The van der Waals surface area contributed by atoms with Crippen molar-refractivity contribution in [2.24, 2.45) is 0 Å². The Morgan fingerprint density at radius 1 is 0.655 bits per heavy atom. The molecule has 0 amide bonds. The normalized spacial score (nSPS) is 17.4. The summed E-state index contributed by atoms with van der Waals surface area (Å²) in [4.78, 5) is 28.9. The number of piperidine rings is 1. The van der Waals surface area contributed by atoms with E-state index in [2.05, 4.69) is 40.7 Å². The molecular formula is C19H28N8O2. The maximum atomic E-state index is 5.16. The molecule has 29 heavy (non-hydrogen) atoms. The van der Waals surface area contributed by atoms with Gasteiger partial charge in [0, 0.05) is 45.3 Å². The Morgan fingerprint density at radius 3 is 1.72 bits per heavy atom. The largest absolute Gasteiger partial charge is 0.467 e. The molecule has 0 N–H and O–H groups in total. The Labute approximate surface area is 170 Å². The van der Waals surface area contributed by atoms with E-state index in [0.29, 0.717) is 5.95 Å². The highest BCUT2D eigenvalue weighted by Gasteiger charge is 2.23. The Hall–Kier alpha value is -2.91. The molecule has 10 nitrogen and oxygen atoms in total. The van der Waals surface area contributed by atoms with Crippen molar-refractivity contribution in [2.75, 3.05) is 68.2 Å². The number of rotatable bonds is 5. The molecule has 156 valence electrons. The second-order valence-electron chi connectivity index (χ2n) is 7.26. The van der Waals surface area contributed by atoms with E-state index in [1.807, 2.05) is 6.92 Å². The van der Waals surface area contributed by atoms with Gasteiger partial charge in [0.05, 0.1) is 14.2 Å². The van der Waals surface area contributed by atoms with Gasteiger partial charge in [0.15, 0.2) is 0 Å². The van der Waals surface area contributed by atoms with E-state index in [1.165, 1.54) is 33.5 Å². The third-order valence-electron chi connectivity index (χ3n) is 5.33. The highest BCUT2D eigenvalue weighted by molar-refractivity contribution is 5.52. The van der Waals surface area contributed by atoms with E-state index in [-0.39, 0.29) is 12.0 Å². The molecule has 0 radical (unpaired) electrons. The molecule has 4 rings (SSSR count). The summed E-state index contributed by atoms with van der Waals surface area (Å²) in [5, 5.41) is 0. The smallest absolute Gasteiger partial charge is 0.324 e. The summed E-state index contributed by atoms with van der Waals surface area (Å²) in [6, 6.07) is 2.64. The van der Waals surface area contributed by atoms with Gasteiger partial charge >= 0.3 is 12.0 Å². The van der Waals surface area contributed by atoms with Crippen molar-refractivity contribution in [3.05, 3.63) is 11.9 Å². The van der Waals surface area contributed by atoms with Crippen molar-refractivity contribution in [1.82, 2.24) is 24.9 Å². The van der Waals surface area contributed by atoms with E-state index in [9.17, 15) is 0 Å². The van der Waals surface area contributed by atoms with Crippen LogP contribution in [0.5, 0.6) is 12.0 Å². The first kappa shape index (κ1) is 19.4. The molecule has 4 heterocycles. The molecule has 2 fully saturated rings. The van der Waals surface area contributed by atoms with Crippen LogP contribution in [0, 0.1) is 6.92 Å². The Kier molecular flexibility index (Phi) is 5.77. The van der Waals surface area contributed by atoms with E-state index < -0.39 is 0 Å². The molecule has 0 aliphatic carbocycles. The molecule has 2 aromatic rings. The van der Waals surface area contributed by atoms with Crippen LogP contribution in [-0.4, -0.2) is 78.4 Å². The quantitative estimate of drug-likeness (QED) is 0.731. The molecule has 2 aliphatic rings. The van der Waals surface area contributed by atoms with Gasteiger partial charge < -0.3 is 24.2 Å². The van der Waals surface area contributed by atoms with Crippen molar-refractivity contribution < 1.29 is 9.47 Å². The van der Waals surface area contributed by atoms with Crippen LogP contribution >= 0.6 is 0 Å². The highest BCUT2D eigenvalue weighted by atomic mass is 16.5. The second kappa shape index (κ2) is 8.62. The summed E-state index contributed by atoms with van der Waals surface area (Å²) >= 11 is 0. The standard InChI is InChI=1S/C19H28N8O2/c1-14-20-15(25-7-5-4-6-8-25)13-16(21-14)26-9-11-27(12-10-26)17-22-18(28-2)24-19(23-17)29-3/h13H,4-12H2,1-3H3. The molecule has 2 saturated heterocycles. The lowest BCUT2D eigenvalue weighted by atomic mass is 10.1. The predicted molar refractivity (Wildman–Crippen MR) is 110 cm³/mol. The molecule has 0 spiro atoms. The number of hydrogen-bond acceptors (Lipinski definition) is 10. The first-order valence-electron chi connectivity index (χ1n) is 10.1. The average Bonchev–Trinajstić information content (AvgIpc) is 2.79. The van der Waals surface area contributed by atoms with Crippen molar-refractivity contribution >= 4 is 17.6 Å². The van der Waals surface area contributed by atoms with E-state index in [1.54, 1.807) is 0 Å². The Morgan fingerprint density at radius 2 is 1.17 bits per heavy atom. The van der Waals surface area contributed by atoms with Crippen molar-refractivity contribution in [2.45, 2.75) is 26.2 Å². The minimum absolute atomic E-state index is 0.256. The number of piperazine rings is 1. The zero-order valence-electron chi connectivity index (χ0n) is 17.3. The first-order chi connectivity index (χ1) is 14.2. The molecule has 0 unspecified atom stereocenters. The predicted octanol–water partition coefficient (Wildman–Crippen LogP) is 1.30. The van der Waals surface area contributed by atoms with Crippen LogP contribution in [0.1, 0.15) is 25.1 Å². The molecule has 2 aromatic heterocycles. The van der Waals surface area contributed by atoms with Crippen LogP contribution in [0.4, 0.5) is 17.6 Å². The molecule has 0 atom stereocenters. The Bertz CT molecular complexity index is 813. The number of hydrogen-bond donors (Lipinski definition) is 0. The number of aromatic nitrogens is 5. The van der Waals surface area contributed by atoms with E-state index >= 15 is 0 Å². The fourth-order valence-corrected chi connectivity index (χ4v) is 3.77. The van der Waals surface area contributed by atoms with Gasteiger partial charge in [-0.1, -0.05) is 0 Å². The summed E-state index contributed by atoms with van der Waals surface area (Å²) in [5.41, 5.74) is 0. The summed E-state index contributed by atoms with van der Waals surface area (Å²) in [6.45, 7) is 7.32. The molecule has 10 heteroatoms. The van der Waals surface area contributed by atoms with Gasteiger partial charge in [-0.3, -0.25) is 0 Å². The SMILES string of the molecule is COc1nc(OC)nc(N2CCN(c3cc(N4CCCCC4)nc(C)n3)CC2)n1. The van der Waals surface area contributed by atoms with Gasteiger partial charge in [-0.05, 0) is 26.2 Å². The summed E-state index contributed by atoms with van der Waals surface area (Å²) < 4.78 is 10.3. The van der Waals surface area contributed by atoms with Crippen LogP contribution < -0.4 is 24.2 Å². The van der Waals surface area contributed by atoms with Gasteiger partial charge in [0.1, 0.15) is 17.5 Å². The molecular weight excluding hydrogens is 372 g/mol. The van der Waals surface area contributed by atoms with Crippen LogP contribution in [0.15, 0.2) is 6.07 Å². The average molecular weight is 400 g/mol. The van der Waals surface area contributed by atoms with Gasteiger partial charge in [-0.25, -0.2) is 9.97 Å². The second-order valence-corrected chi connectivity index (χ2v) is 7.26.